The molecule has 0 aliphatic heterocycles. The molecule has 0 unspecified atom stereocenters. The number of hydrogen-bond donors (Lipinski definition) is 1. The maximum absolute atomic E-state index is 12.0. The van der Waals surface area contributed by atoms with Crippen molar-refractivity contribution in [2.75, 3.05) is 0 Å². The molecule has 0 bridgehead atoms. The van der Waals surface area contributed by atoms with Crippen LogP contribution in [0.15, 0.2) is 60.7 Å². The van der Waals surface area contributed by atoms with Crippen LogP contribution in [0.5, 0.6) is 5.75 Å². The lowest BCUT2D eigenvalue weighted by Gasteiger charge is -2.56. The fraction of sp³-hybridized carbons (Fsp3) is 0.562. The molecule has 0 aromatic heterocycles. The lowest BCUT2D eigenvalue weighted by molar-refractivity contribution is -0.126. The first-order valence-electron chi connectivity index (χ1n) is 13.7. The second-order valence-corrected chi connectivity index (χ2v) is 11.9. The fourth-order valence-electron chi connectivity index (χ4n) is 8.73. The third-order valence-electron chi connectivity index (χ3n) is 10.4. The van der Waals surface area contributed by atoms with Crippen LogP contribution in [0, 0.1) is 29.1 Å². The predicted octanol–water partition coefficient (Wildman–Crippen LogP) is 7.46. The van der Waals surface area contributed by atoms with E-state index in [9.17, 15) is 5.11 Å². The Balaban J connectivity index is 1.30. The molecule has 2 saturated carbocycles. The normalized spacial score (nSPS) is 37.9. The molecule has 0 saturated heterocycles. The summed E-state index contributed by atoms with van der Waals surface area (Å²) < 4.78 is 6.21. The summed E-state index contributed by atoms with van der Waals surface area (Å²) >= 11 is 0. The minimum atomic E-state index is -0.496. The van der Waals surface area contributed by atoms with Crippen LogP contribution in [0.25, 0.3) is 0 Å². The number of allylic oxidation sites excluding steroid dienone is 1. The lowest BCUT2D eigenvalue weighted by atomic mass is 9.50. The molecule has 180 valence electrons. The maximum Gasteiger partial charge on any atom is 0.120 e. The van der Waals surface area contributed by atoms with E-state index in [4.69, 9.17) is 4.74 Å². The van der Waals surface area contributed by atoms with E-state index < -0.39 is 5.60 Å². The van der Waals surface area contributed by atoms with Crippen LogP contribution in [-0.2, 0) is 13.0 Å². The highest BCUT2D eigenvalue weighted by Crippen LogP contribution is 2.69. The molecule has 4 aliphatic rings. The van der Waals surface area contributed by atoms with Gasteiger partial charge in [0.25, 0.3) is 0 Å². The molecule has 34 heavy (non-hydrogen) atoms. The van der Waals surface area contributed by atoms with Crippen LogP contribution in [0.4, 0.5) is 0 Å². The van der Waals surface area contributed by atoms with Crippen molar-refractivity contribution in [2.45, 2.75) is 83.3 Å². The molecule has 6 rings (SSSR count). The van der Waals surface area contributed by atoms with E-state index in [1.54, 1.807) is 5.56 Å². The zero-order chi connectivity index (χ0) is 23.3. The van der Waals surface area contributed by atoms with E-state index in [2.05, 4.69) is 74.5 Å². The first-order valence-corrected chi connectivity index (χ1v) is 13.7. The molecule has 1 N–H and O–H groups in total. The Labute approximate surface area is 205 Å². The van der Waals surface area contributed by atoms with Gasteiger partial charge in [0.15, 0.2) is 0 Å². The van der Waals surface area contributed by atoms with Gasteiger partial charge >= 0.3 is 0 Å². The van der Waals surface area contributed by atoms with Gasteiger partial charge < -0.3 is 9.84 Å². The molecular weight excluding hydrogens is 416 g/mol. The van der Waals surface area contributed by atoms with Crippen LogP contribution in [-0.4, -0.2) is 10.7 Å². The van der Waals surface area contributed by atoms with Crippen molar-refractivity contribution in [3.05, 3.63) is 77.4 Å². The van der Waals surface area contributed by atoms with E-state index in [1.807, 2.05) is 0 Å². The Bertz CT molecular complexity index is 1060. The third-order valence-corrected chi connectivity index (χ3v) is 10.4. The van der Waals surface area contributed by atoms with Crippen LogP contribution in [0.1, 0.15) is 81.4 Å². The van der Waals surface area contributed by atoms with Gasteiger partial charge in [0.1, 0.15) is 12.4 Å². The maximum atomic E-state index is 12.0. The standard InChI is InChI=1S/C32H40O2/c1-3-9-23-18-24-19-26(34-21-22-10-5-4-6-11-22)13-14-27(24)28-15-17-31(2)29(30(23)28)20-25-12-7-8-16-32(25,31)33/h4-8,10-11,13-14,19,23,25,28-30,33H,3,9,12,15-18,20-21H2,1-2H3/t23-,25-,28-,29+,30-,31+,32+/m1/s1. The average molecular weight is 457 g/mol. The van der Waals surface area contributed by atoms with Crippen molar-refractivity contribution >= 4 is 0 Å². The molecule has 0 radical (unpaired) electrons. The van der Waals surface area contributed by atoms with Crippen molar-refractivity contribution in [1.82, 2.24) is 0 Å². The van der Waals surface area contributed by atoms with Gasteiger partial charge in [-0.15, -0.1) is 0 Å². The number of fused-ring (bicyclic) bond motifs is 7. The highest BCUT2D eigenvalue weighted by Gasteiger charge is 2.66. The SMILES string of the molecule is CCC[C@@H]1Cc2cc(OCc3ccccc3)ccc2[C@H]2CC[C@@]3(C)[C@@H](C[C@H]4CC=CC[C@]43O)[C@H]12. The van der Waals surface area contributed by atoms with Gasteiger partial charge in [-0.1, -0.05) is 75.2 Å². The Morgan fingerprint density at radius 3 is 2.76 bits per heavy atom. The molecule has 4 aliphatic carbocycles. The zero-order valence-electron chi connectivity index (χ0n) is 20.9. The summed E-state index contributed by atoms with van der Waals surface area (Å²) in [5.74, 6) is 4.15. The number of rotatable bonds is 5. The summed E-state index contributed by atoms with van der Waals surface area (Å²) in [6, 6.07) is 17.4. The number of hydrogen-bond acceptors (Lipinski definition) is 2. The number of aliphatic hydroxyl groups is 1. The van der Waals surface area contributed by atoms with Crippen LogP contribution >= 0.6 is 0 Å². The third kappa shape index (κ3) is 3.40. The van der Waals surface area contributed by atoms with Gasteiger partial charge in [-0.25, -0.2) is 0 Å². The Morgan fingerprint density at radius 1 is 1.09 bits per heavy atom. The minimum Gasteiger partial charge on any atom is -0.489 e. The first-order chi connectivity index (χ1) is 16.5. The van der Waals surface area contributed by atoms with Gasteiger partial charge in [-0.05, 0) is 96.9 Å². The Kier molecular flexibility index (Phi) is 5.64. The summed E-state index contributed by atoms with van der Waals surface area (Å²) in [6.07, 6.45) is 13.8. The summed E-state index contributed by atoms with van der Waals surface area (Å²) in [4.78, 5) is 0. The molecule has 2 aromatic rings. The predicted molar refractivity (Wildman–Crippen MR) is 138 cm³/mol. The zero-order valence-corrected chi connectivity index (χ0v) is 20.9. The minimum absolute atomic E-state index is 0.0613. The molecule has 2 aromatic carbocycles. The summed E-state index contributed by atoms with van der Waals surface area (Å²) in [5, 5.41) is 12.0. The molecule has 0 amide bonds. The molecule has 2 nitrogen and oxygen atoms in total. The molecule has 0 heterocycles. The monoisotopic (exact) mass is 456 g/mol. The van der Waals surface area contributed by atoms with Gasteiger partial charge in [-0.2, -0.15) is 0 Å². The summed E-state index contributed by atoms with van der Waals surface area (Å²) in [6.45, 7) is 5.42. The van der Waals surface area contributed by atoms with Crippen LogP contribution < -0.4 is 4.74 Å². The first kappa shape index (κ1) is 22.4. The summed E-state index contributed by atoms with van der Waals surface area (Å²) in [5.41, 5.74) is 3.87. The van der Waals surface area contributed by atoms with Crippen LogP contribution in [0.2, 0.25) is 0 Å². The Morgan fingerprint density at radius 2 is 1.94 bits per heavy atom. The van der Waals surface area contributed by atoms with E-state index in [0.717, 1.165) is 25.0 Å². The number of ether oxygens (including phenoxy) is 1. The van der Waals surface area contributed by atoms with Crippen molar-refractivity contribution in [1.29, 1.82) is 0 Å². The molecule has 2 fully saturated rings. The van der Waals surface area contributed by atoms with Gasteiger partial charge in [0.05, 0.1) is 5.60 Å². The second-order valence-electron chi connectivity index (χ2n) is 11.9. The topological polar surface area (TPSA) is 29.5 Å². The highest BCUT2D eigenvalue weighted by atomic mass is 16.5. The van der Waals surface area contributed by atoms with Crippen molar-refractivity contribution < 1.29 is 9.84 Å². The van der Waals surface area contributed by atoms with Gasteiger partial charge in [-0.3, -0.25) is 0 Å². The van der Waals surface area contributed by atoms with Crippen LogP contribution in [0.3, 0.4) is 0 Å². The lowest BCUT2D eigenvalue weighted by Crippen LogP contribution is -2.54. The average Bonchev–Trinajstić information content (AvgIpc) is 3.10. The summed E-state index contributed by atoms with van der Waals surface area (Å²) in [7, 11) is 0. The van der Waals surface area contributed by atoms with E-state index >= 15 is 0 Å². The Hall–Kier alpha value is -2.06. The molecule has 0 spiro atoms. The van der Waals surface area contributed by atoms with E-state index in [1.165, 1.54) is 43.2 Å². The number of benzene rings is 2. The van der Waals surface area contributed by atoms with Gasteiger partial charge in [0.2, 0.25) is 0 Å². The highest BCUT2D eigenvalue weighted by molar-refractivity contribution is 5.42. The molecule has 2 heteroatoms. The van der Waals surface area contributed by atoms with Crippen molar-refractivity contribution in [2.24, 2.45) is 29.1 Å². The quantitative estimate of drug-likeness (QED) is 0.473. The molecule has 7 atom stereocenters. The van der Waals surface area contributed by atoms with E-state index in [-0.39, 0.29) is 5.41 Å². The molecular formula is C32H40O2. The van der Waals surface area contributed by atoms with Crippen molar-refractivity contribution in [3.63, 3.8) is 0 Å². The van der Waals surface area contributed by atoms with Crippen molar-refractivity contribution in [3.8, 4) is 5.75 Å². The second kappa shape index (κ2) is 8.55. The van der Waals surface area contributed by atoms with Gasteiger partial charge in [0, 0.05) is 5.41 Å². The van der Waals surface area contributed by atoms with E-state index in [0.29, 0.717) is 36.2 Å². The largest absolute Gasteiger partial charge is 0.489 e. The smallest absolute Gasteiger partial charge is 0.120 e. The fourth-order valence-corrected chi connectivity index (χ4v) is 8.73.